The minimum atomic E-state index is -0.401. The Bertz CT molecular complexity index is 228. The Kier molecular flexibility index (Phi) is 8.00. The topological polar surface area (TPSA) is 55.6 Å². The van der Waals surface area contributed by atoms with Gasteiger partial charge in [0.1, 0.15) is 5.60 Å². The first-order valence-electron chi connectivity index (χ1n) is 7.02. The number of nitrogens with zero attached hydrogens (tertiary/aromatic N) is 1. The van der Waals surface area contributed by atoms with Crippen molar-refractivity contribution in [2.24, 2.45) is 11.7 Å². The van der Waals surface area contributed by atoms with Gasteiger partial charge in [0.05, 0.1) is 0 Å². The van der Waals surface area contributed by atoms with Crippen LogP contribution in [0.1, 0.15) is 53.9 Å². The number of ether oxygens (including phenoxy) is 1. The summed E-state index contributed by atoms with van der Waals surface area (Å²) in [5, 5.41) is 0. The summed E-state index contributed by atoms with van der Waals surface area (Å²) in [7, 11) is 0. The van der Waals surface area contributed by atoms with Crippen molar-refractivity contribution in [3.63, 3.8) is 0 Å². The molecule has 0 aliphatic carbocycles. The van der Waals surface area contributed by atoms with E-state index in [9.17, 15) is 4.79 Å². The zero-order valence-corrected chi connectivity index (χ0v) is 12.7. The van der Waals surface area contributed by atoms with Crippen LogP contribution in [0.4, 0.5) is 4.79 Å². The fourth-order valence-corrected chi connectivity index (χ4v) is 1.68. The third-order valence-electron chi connectivity index (χ3n) is 2.60. The van der Waals surface area contributed by atoms with E-state index in [2.05, 4.69) is 13.8 Å². The average Bonchev–Trinajstić information content (AvgIpc) is 2.28. The van der Waals surface area contributed by atoms with E-state index in [1.54, 1.807) is 4.90 Å². The SMILES string of the molecule is CC(C)(C)OC(=O)N1CCC(CN)CC1.CCC. The summed E-state index contributed by atoms with van der Waals surface area (Å²) in [4.78, 5) is 13.5. The first-order valence-corrected chi connectivity index (χ1v) is 7.02. The van der Waals surface area contributed by atoms with Crippen LogP contribution < -0.4 is 5.73 Å². The van der Waals surface area contributed by atoms with Gasteiger partial charge in [0.25, 0.3) is 0 Å². The van der Waals surface area contributed by atoms with Crippen LogP contribution in [0.5, 0.6) is 0 Å². The van der Waals surface area contributed by atoms with Crippen LogP contribution in [0.2, 0.25) is 0 Å². The van der Waals surface area contributed by atoms with E-state index < -0.39 is 5.60 Å². The van der Waals surface area contributed by atoms with Crippen LogP contribution in [-0.4, -0.2) is 36.2 Å². The highest BCUT2D eigenvalue weighted by molar-refractivity contribution is 5.68. The molecule has 18 heavy (non-hydrogen) atoms. The summed E-state index contributed by atoms with van der Waals surface area (Å²) in [5.41, 5.74) is 5.19. The number of nitrogens with two attached hydrogens (primary N) is 1. The molecule has 4 heteroatoms. The molecule has 1 aliphatic rings. The molecular formula is C14H30N2O2. The second-order valence-corrected chi connectivity index (χ2v) is 5.85. The molecule has 0 aromatic rings. The van der Waals surface area contributed by atoms with Gasteiger partial charge < -0.3 is 15.4 Å². The van der Waals surface area contributed by atoms with Crippen LogP contribution in [0, 0.1) is 5.92 Å². The molecule has 108 valence electrons. The van der Waals surface area contributed by atoms with Crippen molar-refractivity contribution < 1.29 is 9.53 Å². The zero-order chi connectivity index (χ0) is 14.2. The minimum absolute atomic E-state index is 0.196. The molecule has 1 fully saturated rings. The van der Waals surface area contributed by atoms with Crippen molar-refractivity contribution in [1.29, 1.82) is 0 Å². The Morgan fingerprint density at radius 2 is 1.72 bits per heavy atom. The van der Waals surface area contributed by atoms with Crippen molar-refractivity contribution in [3.8, 4) is 0 Å². The maximum absolute atomic E-state index is 11.7. The third-order valence-corrected chi connectivity index (χ3v) is 2.60. The summed E-state index contributed by atoms with van der Waals surface area (Å²) < 4.78 is 5.30. The van der Waals surface area contributed by atoms with Crippen LogP contribution in [0.25, 0.3) is 0 Å². The predicted molar refractivity (Wildman–Crippen MR) is 75.6 cm³/mol. The average molecular weight is 258 g/mol. The highest BCUT2D eigenvalue weighted by Crippen LogP contribution is 2.18. The summed E-state index contributed by atoms with van der Waals surface area (Å²) in [5.74, 6) is 0.573. The van der Waals surface area contributed by atoms with Crippen LogP contribution in [0.3, 0.4) is 0 Å². The summed E-state index contributed by atoms with van der Waals surface area (Å²) in [6, 6.07) is 0. The van der Waals surface area contributed by atoms with Crippen molar-refractivity contribution in [2.75, 3.05) is 19.6 Å². The smallest absolute Gasteiger partial charge is 0.410 e. The Morgan fingerprint density at radius 1 is 1.28 bits per heavy atom. The van der Waals surface area contributed by atoms with Gasteiger partial charge in [0, 0.05) is 13.1 Å². The van der Waals surface area contributed by atoms with Gasteiger partial charge in [-0.1, -0.05) is 20.3 Å². The number of piperidine rings is 1. The normalized spacial score (nSPS) is 16.9. The molecule has 1 rings (SSSR count). The lowest BCUT2D eigenvalue weighted by atomic mass is 9.97. The van der Waals surface area contributed by atoms with E-state index in [0.717, 1.165) is 32.5 Å². The molecule has 0 spiro atoms. The summed E-state index contributed by atoms with van der Waals surface area (Å²) in [6.45, 7) is 12.2. The highest BCUT2D eigenvalue weighted by Gasteiger charge is 2.25. The van der Waals surface area contributed by atoms with Gasteiger partial charge in [0.2, 0.25) is 0 Å². The molecule has 0 bridgehead atoms. The fraction of sp³-hybridized carbons (Fsp3) is 0.929. The second-order valence-electron chi connectivity index (χ2n) is 5.85. The first-order chi connectivity index (χ1) is 8.34. The quantitative estimate of drug-likeness (QED) is 0.786. The van der Waals surface area contributed by atoms with E-state index in [-0.39, 0.29) is 6.09 Å². The molecule has 1 aliphatic heterocycles. The highest BCUT2D eigenvalue weighted by atomic mass is 16.6. The Hall–Kier alpha value is -0.770. The van der Waals surface area contributed by atoms with Gasteiger partial charge >= 0.3 is 6.09 Å². The number of carbonyl (C=O) groups excluding carboxylic acids is 1. The van der Waals surface area contributed by atoms with E-state index in [1.165, 1.54) is 6.42 Å². The molecule has 0 aromatic heterocycles. The maximum Gasteiger partial charge on any atom is 0.410 e. The Balaban J connectivity index is 0.000000873. The molecular weight excluding hydrogens is 228 g/mol. The first kappa shape index (κ1) is 17.2. The number of rotatable bonds is 1. The summed E-state index contributed by atoms with van der Waals surface area (Å²) >= 11 is 0. The van der Waals surface area contributed by atoms with Gasteiger partial charge in [-0.2, -0.15) is 0 Å². The fourth-order valence-electron chi connectivity index (χ4n) is 1.68. The lowest BCUT2D eigenvalue weighted by Crippen LogP contribution is -2.42. The standard InChI is InChI=1S/C11H22N2O2.C3H8/c1-11(2,3)15-10(14)13-6-4-9(8-12)5-7-13;1-3-2/h9H,4-8,12H2,1-3H3;3H2,1-2H3. The van der Waals surface area contributed by atoms with Crippen LogP contribution >= 0.6 is 0 Å². The zero-order valence-electron chi connectivity index (χ0n) is 12.7. The molecule has 0 radical (unpaired) electrons. The lowest BCUT2D eigenvalue weighted by Gasteiger charge is -2.32. The number of hydrogen-bond acceptors (Lipinski definition) is 3. The minimum Gasteiger partial charge on any atom is -0.444 e. The molecule has 0 unspecified atom stereocenters. The Labute approximate surface area is 112 Å². The molecule has 1 heterocycles. The number of hydrogen-bond donors (Lipinski definition) is 1. The summed E-state index contributed by atoms with van der Waals surface area (Å²) in [6.07, 6.45) is 3.05. The van der Waals surface area contributed by atoms with Crippen LogP contribution in [0.15, 0.2) is 0 Å². The molecule has 4 nitrogen and oxygen atoms in total. The molecule has 0 aromatic carbocycles. The maximum atomic E-state index is 11.7. The van der Waals surface area contributed by atoms with Crippen molar-refractivity contribution >= 4 is 6.09 Å². The van der Waals surface area contributed by atoms with Gasteiger partial charge in [-0.15, -0.1) is 0 Å². The Morgan fingerprint density at radius 3 is 2.06 bits per heavy atom. The van der Waals surface area contributed by atoms with E-state index in [4.69, 9.17) is 10.5 Å². The molecule has 1 amide bonds. The van der Waals surface area contributed by atoms with E-state index >= 15 is 0 Å². The van der Waals surface area contributed by atoms with Crippen molar-refractivity contribution in [1.82, 2.24) is 4.90 Å². The largest absolute Gasteiger partial charge is 0.444 e. The number of likely N-dealkylation sites (tertiary alicyclic amines) is 1. The molecule has 0 saturated carbocycles. The van der Waals surface area contributed by atoms with Crippen LogP contribution in [-0.2, 0) is 4.74 Å². The van der Waals surface area contributed by atoms with Crippen molar-refractivity contribution in [2.45, 2.75) is 59.5 Å². The number of amides is 1. The van der Waals surface area contributed by atoms with Gasteiger partial charge in [0.15, 0.2) is 0 Å². The predicted octanol–water partition coefficient (Wildman–Crippen LogP) is 3.01. The van der Waals surface area contributed by atoms with Gasteiger partial charge in [-0.25, -0.2) is 4.79 Å². The monoisotopic (exact) mass is 258 g/mol. The van der Waals surface area contributed by atoms with Gasteiger partial charge in [-0.05, 0) is 46.1 Å². The van der Waals surface area contributed by atoms with Crippen molar-refractivity contribution in [3.05, 3.63) is 0 Å². The molecule has 2 N–H and O–H groups in total. The number of carbonyl (C=O) groups is 1. The van der Waals surface area contributed by atoms with Gasteiger partial charge in [-0.3, -0.25) is 0 Å². The van der Waals surface area contributed by atoms with E-state index in [0.29, 0.717) is 5.92 Å². The molecule has 0 atom stereocenters. The third kappa shape index (κ3) is 7.54. The lowest BCUT2D eigenvalue weighted by molar-refractivity contribution is 0.0187. The van der Waals surface area contributed by atoms with E-state index in [1.807, 2.05) is 20.8 Å². The molecule has 1 saturated heterocycles. The second kappa shape index (κ2) is 8.35.